The second-order valence-corrected chi connectivity index (χ2v) is 15.7. The molecule has 2 aromatic heterocycles. The Labute approximate surface area is 289 Å². The van der Waals surface area contributed by atoms with Gasteiger partial charge in [-0.3, -0.25) is 0 Å². The van der Waals surface area contributed by atoms with Crippen molar-refractivity contribution in [1.29, 1.82) is 0 Å². The molecule has 2 atom stereocenters. The van der Waals surface area contributed by atoms with E-state index in [1.807, 2.05) is 84.9 Å². The Morgan fingerprint density at radius 2 is 0.816 bits per heavy atom. The van der Waals surface area contributed by atoms with Gasteiger partial charge in [0, 0.05) is 17.5 Å². The Balaban J connectivity index is 1.44. The summed E-state index contributed by atoms with van der Waals surface area (Å²) in [6.07, 6.45) is 3.68. The van der Waals surface area contributed by atoms with Crippen LogP contribution in [0.1, 0.15) is 103 Å². The number of benzene rings is 4. The van der Waals surface area contributed by atoms with Crippen LogP contribution in [0.25, 0.3) is 22.1 Å². The molecule has 6 aromatic rings. The molecule has 6 rings (SSSR count). The number of hydrogen-bond acceptors (Lipinski definition) is 6. The monoisotopic (exact) mass is 658 g/mol. The third-order valence-corrected chi connectivity index (χ3v) is 10.8. The number of fused-ring (bicyclic) bond motifs is 2. The first-order valence-electron chi connectivity index (χ1n) is 17.5. The molecule has 0 radical (unpaired) electrons. The molecule has 2 unspecified atom stereocenters. The molecule has 0 fully saturated rings. The van der Waals surface area contributed by atoms with E-state index in [-0.39, 0.29) is 22.3 Å². The normalized spacial score (nSPS) is 15.0. The molecule has 8 nitrogen and oxygen atoms in total. The molecular formula is C41H50N6O2. The molecular weight excluding hydrogens is 608 g/mol. The molecule has 256 valence electrons. The van der Waals surface area contributed by atoms with Crippen molar-refractivity contribution in [3.8, 4) is 11.5 Å². The third-order valence-electron chi connectivity index (χ3n) is 10.8. The highest BCUT2D eigenvalue weighted by molar-refractivity contribution is 5.74. The fourth-order valence-corrected chi connectivity index (χ4v) is 7.36. The van der Waals surface area contributed by atoms with E-state index in [4.69, 9.17) is 20.4 Å². The van der Waals surface area contributed by atoms with Crippen LogP contribution in [0.2, 0.25) is 0 Å². The predicted octanol–water partition coefficient (Wildman–Crippen LogP) is 9.36. The fourth-order valence-electron chi connectivity index (χ4n) is 7.36. The highest BCUT2D eigenvalue weighted by atomic mass is 16.3. The van der Waals surface area contributed by atoms with Gasteiger partial charge in [0.1, 0.15) is 44.6 Å². The summed E-state index contributed by atoms with van der Waals surface area (Å²) in [5.74, 6) is 0.385. The standard InChI is InChI=1S/C41H50N6O2/c1-9-38(3,4)26-40(7,46-42-32-21-11-12-22-33(32)43-46)30-19-15-17-28(36(30)48)25-29-18-16-20-31(37(29)49)41(8,27-39(5,6)10-2)47-44-34-23-13-14-24-35(34)45-47/h11-24,48-49H,9-10,25-27H2,1-8H3. The molecule has 0 bridgehead atoms. The molecule has 0 aliphatic carbocycles. The lowest BCUT2D eigenvalue weighted by Crippen LogP contribution is -2.38. The first-order chi connectivity index (χ1) is 23.2. The highest BCUT2D eigenvalue weighted by Gasteiger charge is 2.41. The molecule has 49 heavy (non-hydrogen) atoms. The van der Waals surface area contributed by atoms with Crippen LogP contribution >= 0.6 is 0 Å². The van der Waals surface area contributed by atoms with E-state index in [0.717, 1.165) is 57.2 Å². The van der Waals surface area contributed by atoms with E-state index in [2.05, 4.69) is 55.4 Å². The van der Waals surface area contributed by atoms with Gasteiger partial charge in [0.15, 0.2) is 0 Å². The van der Waals surface area contributed by atoms with Crippen LogP contribution in [0, 0.1) is 10.8 Å². The quantitative estimate of drug-likeness (QED) is 0.136. The maximum Gasteiger partial charge on any atom is 0.124 e. The molecule has 2 heterocycles. The first kappa shape index (κ1) is 34.2. The SMILES string of the molecule is CCC(C)(C)CC(C)(c1cccc(Cc2cccc(C(C)(CC(C)(C)CC)n3nc4ccccc4n3)c2O)c1O)n1nc2ccccc2n1. The van der Waals surface area contributed by atoms with Crippen molar-refractivity contribution in [2.75, 3.05) is 0 Å². The molecule has 0 spiro atoms. The van der Waals surface area contributed by atoms with E-state index in [1.54, 1.807) is 9.59 Å². The zero-order valence-corrected chi connectivity index (χ0v) is 30.2. The molecule has 2 N–H and O–H groups in total. The van der Waals surface area contributed by atoms with Crippen LogP contribution in [0.3, 0.4) is 0 Å². The van der Waals surface area contributed by atoms with Crippen LogP contribution in [-0.4, -0.2) is 40.2 Å². The van der Waals surface area contributed by atoms with Gasteiger partial charge in [0.25, 0.3) is 0 Å². The van der Waals surface area contributed by atoms with Crippen LogP contribution < -0.4 is 0 Å². The highest BCUT2D eigenvalue weighted by Crippen LogP contribution is 2.46. The van der Waals surface area contributed by atoms with Crippen molar-refractivity contribution in [2.24, 2.45) is 10.8 Å². The topological polar surface area (TPSA) is 102 Å². The predicted molar refractivity (Wildman–Crippen MR) is 197 cm³/mol. The fraction of sp³-hybridized carbons (Fsp3) is 0.415. The summed E-state index contributed by atoms with van der Waals surface area (Å²) in [7, 11) is 0. The first-order valence-corrected chi connectivity index (χ1v) is 17.5. The zero-order valence-electron chi connectivity index (χ0n) is 30.2. The Morgan fingerprint density at radius 3 is 1.12 bits per heavy atom. The minimum Gasteiger partial charge on any atom is -0.507 e. The van der Waals surface area contributed by atoms with Crippen molar-refractivity contribution in [3.63, 3.8) is 0 Å². The van der Waals surface area contributed by atoms with E-state index >= 15 is 0 Å². The Morgan fingerprint density at radius 1 is 0.490 bits per heavy atom. The van der Waals surface area contributed by atoms with Crippen molar-refractivity contribution in [3.05, 3.63) is 107 Å². The molecule has 0 aliphatic heterocycles. The van der Waals surface area contributed by atoms with E-state index in [1.165, 1.54) is 0 Å². The van der Waals surface area contributed by atoms with Gasteiger partial charge in [0.2, 0.25) is 0 Å². The molecule has 8 heteroatoms. The van der Waals surface area contributed by atoms with Crippen LogP contribution in [0.15, 0.2) is 84.9 Å². The Hall–Kier alpha value is -4.72. The van der Waals surface area contributed by atoms with Gasteiger partial charge in [-0.25, -0.2) is 0 Å². The molecule has 0 saturated carbocycles. The van der Waals surface area contributed by atoms with Gasteiger partial charge in [-0.1, -0.05) is 115 Å². The lowest BCUT2D eigenvalue weighted by atomic mass is 9.73. The minimum absolute atomic E-state index is 0.0499. The Bertz CT molecular complexity index is 1890. The lowest BCUT2D eigenvalue weighted by Gasteiger charge is -2.37. The number of aromatic hydroxyl groups is 2. The molecule has 0 amide bonds. The largest absolute Gasteiger partial charge is 0.507 e. The van der Waals surface area contributed by atoms with Crippen LogP contribution in [0.5, 0.6) is 11.5 Å². The summed E-state index contributed by atoms with van der Waals surface area (Å²) in [4.78, 5) is 3.57. The van der Waals surface area contributed by atoms with Gasteiger partial charge in [-0.05, 0) is 72.9 Å². The van der Waals surface area contributed by atoms with Gasteiger partial charge < -0.3 is 10.2 Å². The van der Waals surface area contributed by atoms with Gasteiger partial charge in [-0.15, -0.1) is 0 Å². The number of rotatable bonds is 12. The number of phenols is 2. The van der Waals surface area contributed by atoms with E-state index in [0.29, 0.717) is 19.3 Å². The van der Waals surface area contributed by atoms with Crippen molar-refractivity contribution in [1.82, 2.24) is 30.0 Å². The second-order valence-electron chi connectivity index (χ2n) is 15.7. The van der Waals surface area contributed by atoms with Gasteiger partial charge >= 0.3 is 0 Å². The lowest BCUT2D eigenvalue weighted by molar-refractivity contribution is 0.177. The summed E-state index contributed by atoms with van der Waals surface area (Å²) >= 11 is 0. The number of aromatic nitrogens is 6. The number of para-hydroxylation sites is 2. The van der Waals surface area contributed by atoms with Gasteiger partial charge in [-0.2, -0.15) is 30.0 Å². The van der Waals surface area contributed by atoms with Crippen LogP contribution in [0.4, 0.5) is 0 Å². The average Bonchev–Trinajstić information content (AvgIpc) is 3.72. The average molecular weight is 659 g/mol. The summed E-state index contributed by atoms with van der Waals surface area (Å²) < 4.78 is 0. The molecule has 0 saturated heterocycles. The number of nitrogens with zero attached hydrogens (tertiary/aromatic N) is 6. The summed E-state index contributed by atoms with van der Waals surface area (Å²) in [5, 5.41) is 43.8. The number of hydrogen-bond donors (Lipinski definition) is 2. The summed E-state index contributed by atoms with van der Waals surface area (Å²) in [5.41, 5.74) is 4.64. The van der Waals surface area contributed by atoms with Gasteiger partial charge in [0.05, 0.1) is 0 Å². The van der Waals surface area contributed by atoms with E-state index < -0.39 is 11.1 Å². The third kappa shape index (κ3) is 6.41. The van der Waals surface area contributed by atoms with Crippen molar-refractivity contribution in [2.45, 2.75) is 98.6 Å². The summed E-state index contributed by atoms with van der Waals surface area (Å²) in [6, 6.07) is 27.5. The smallest absolute Gasteiger partial charge is 0.124 e. The zero-order chi connectivity index (χ0) is 35.2. The minimum atomic E-state index is -0.736. The van der Waals surface area contributed by atoms with Crippen molar-refractivity contribution < 1.29 is 10.2 Å². The summed E-state index contributed by atoms with van der Waals surface area (Å²) in [6.45, 7) is 17.6. The van der Waals surface area contributed by atoms with Crippen molar-refractivity contribution >= 4 is 22.1 Å². The van der Waals surface area contributed by atoms with E-state index in [9.17, 15) is 10.2 Å². The second kappa shape index (κ2) is 12.6. The Kier molecular flexibility index (Phi) is 8.80. The number of phenolic OH excluding ortho intramolecular Hbond substituents is 2. The molecule has 4 aromatic carbocycles. The maximum atomic E-state index is 12.1. The maximum absolute atomic E-state index is 12.1. The molecule has 0 aliphatic rings. The van der Waals surface area contributed by atoms with Crippen LogP contribution in [-0.2, 0) is 17.5 Å².